The molecule has 1 saturated carbocycles. The molecule has 7 unspecified atom stereocenters. The summed E-state index contributed by atoms with van der Waals surface area (Å²) >= 11 is -0.826. The van der Waals surface area contributed by atoms with Gasteiger partial charge in [-0.15, -0.1) is 6.58 Å². The molecule has 0 N–H and O–H groups in total. The first-order chi connectivity index (χ1) is 21.8. The molecule has 0 aromatic carbocycles. The van der Waals surface area contributed by atoms with Crippen LogP contribution in [0.25, 0.3) is 0 Å². The Hall–Kier alpha value is -0.0969. The van der Waals surface area contributed by atoms with Crippen molar-refractivity contribution in [1.82, 2.24) is 0 Å². The summed E-state index contributed by atoms with van der Waals surface area (Å²) in [5, 5.41) is 0. The van der Waals surface area contributed by atoms with Crippen LogP contribution in [0.4, 0.5) is 0 Å². The third-order valence-corrected chi connectivity index (χ3v) is 12.3. The van der Waals surface area contributed by atoms with Gasteiger partial charge in [0.05, 0.1) is 0 Å². The predicted octanol–water partition coefficient (Wildman–Crippen LogP) is 14.8. The molecular formula is C43H68Cl2Zr. The Balaban J connectivity index is 0.00000109. The first kappa shape index (κ1) is 40.3. The van der Waals surface area contributed by atoms with Crippen molar-refractivity contribution in [3.05, 3.63) is 71.4 Å². The van der Waals surface area contributed by atoms with Gasteiger partial charge in [0.15, 0.2) is 0 Å². The maximum absolute atomic E-state index is 4.93. The summed E-state index contributed by atoms with van der Waals surface area (Å²) in [6.45, 7) is 28.0. The molecule has 0 aromatic heterocycles. The molecule has 0 bridgehead atoms. The van der Waals surface area contributed by atoms with Crippen LogP contribution in [-0.2, 0) is 20.8 Å². The van der Waals surface area contributed by atoms with Gasteiger partial charge in [-0.05, 0) is 114 Å². The number of halogens is 2. The van der Waals surface area contributed by atoms with Crippen LogP contribution in [0.2, 0.25) is 0 Å². The number of hydrogen-bond donors (Lipinski definition) is 0. The molecule has 0 aromatic rings. The second-order valence-corrected chi connectivity index (χ2v) is 20.7. The summed E-state index contributed by atoms with van der Waals surface area (Å²) in [5.41, 5.74) is 7.73. The Morgan fingerprint density at radius 1 is 0.891 bits per heavy atom. The fourth-order valence-electron chi connectivity index (χ4n) is 10.3. The zero-order chi connectivity index (χ0) is 34.3. The molecular weight excluding hydrogens is 679 g/mol. The van der Waals surface area contributed by atoms with Gasteiger partial charge in [0.25, 0.3) is 0 Å². The number of allylic oxidation sites excluding steroid dienone is 11. The van der Waals surface area contributed by atoms with Gasteiger partial charge in [-0.1, -0.05) is 149 Å². The van der Waals surface area contributed by atoms with Gasteiger partial charge in [0, 0.05) is 0 Å². The van der Waals surface area contributed by atoms with E-state index in [1.54, 1.807) is 11.1 Å². The van der Waals surface area contributed by atoms with E-state index in [0.717, 1.165) is 12.3 Å². The molecule has 0 heterocycles. The van der Waals surface area contributed by atoms with Gasteiger partial charge < -0.3 is 0 Å². The van der Waals surface area contributed by atoms with Crippen molar-refractivity contribution in [2.45, 2.75) is 146 Å². The fraction of sp³-hybridized carbons (Fsp3) is 0.721. The van der Waals surface area contributed by atoms with Crippen LogP contribution in [0, 0.1) is 51.2 Å². The molecule has 46 heavy (non-hydrogen) atoms. The minimum atomic E-state index is -0.826. The van der Waals surface area contributed by atoms with Crippen LogP contribution in [0.15, 0.2) is 71.4 Å². The molecule has 5 aliphatic rings. The van der Waals surface area contributed by atoms with E-state index in [9.17, 15) is 0 Å². The molecule has 0 amide bonds. The van der Waals surface area contributed by atoms with E-state index >= 15 is 0 Å². The number of unbranched alkanes of at least 4 members (excludes halogenated alkanes) is 3. The second-order valence-electron chi connectivity index (χ2n) is 17.0. The van der Waals surface area contributed by atoms with Gasteiger partial charge >= 0.3 is 37.9 Å². The Bertz CT molecular complexity index is 1170. The minimum absolute atomic E-state index is 0.171. The molecule has 1 fully saturated rings. The van der Waals surface area contributed by atoms with E-state index in [-0.39, 0.29) is 21.7 Å². The first-order valence-corrected chi connectivity index (χ1v) is 25.2. The summed E-state index contributed by atoms with van der Waals surface area (Å²) in [7, 11) is 9.87. The Morgan fingerprint density at radius 2 is 1.54 bits per heavy atom. The molecule has 0 radical (unpaired) electrons. The summed E-state index contributed by atoms with van der Waals surface area (Å²) in [5.74, 6) is 3.19. The zero-order valence-corrected chi connectivity index (χ0v) is 35.3. The van der Waals surface area contributed by atoms with Crippen molar-refractivity contribution in [3.8, 4) is 0 Å². The van der Waals surface area contributed by atoms with Crippen LogP contribution in [0.3, 0.4) is 0 Å². The summed E-state index contributed by atoms with van der Waals surface area (Å²) in [4.78, 5) is 0. The monoisotopic (exact) mass is 744 g/mol. The average Bonchev–Trinajstić information content (AvgIpc) is 3.71. The van der Waals surface area contributed by atoms with Crippen molar-refractivity contribution >= 4 is 17.0 Å². The molecule has 0 spiro atoms. The van der Waals surface area contributed by atoms with Gasteiger partial charge in [0.1, 0.15) is 0 Å². The molecule has 0 saturated heterocycles. The SMILES string of the molecule is C=CCCC(C)(C1CCC2=C1CCC2)C1C2C=C(C(C)(C)C)C=CC2C2C=CC(C(C)(C)C)=CC21CCCCCC.CC.[Cl][Zr][Cl]. The van der Waals surface area contributed by atoms with Crippen LogP contribution in [0.1, 0.15) is 146 Å². The number of rotatable bonds is 10. The Labute approximate surface area is 304 Å². The van der Waals surface area contributed by atoms with Crippen molar-refractivity contribution in [1.29, 1.82) is 0 Å². The number of hydrogen-bond acceptors (Lipinski definition) is 0. The molecule has 7 atom stereocenters. The van der Waals surface area contributed by atoms with Crippen molar-refractivity contribution in [2.24, 2.45) is 51.2 Å². The van der Waals surface area contributed by atoms with E-state index in [2.05, 4.69) is 105 Å². The van der Waals surface area contributed by atoms with Crippen molar-refractivity contribution < 1.29 is 20.8 Å². The van der Waals surface area contributed by atoms with Crippen molar-refractivity contribution in [3.63, 3.8) is 0 Å². The Morgan fingerprint density at radius 3 is 2.15 bits per heavy atom. The Kier molecular flexibility index (Phi) is 15.1. The van der Waals surface area contributed by atoms with Gasteiger partial charge in [-0.25, -0.2) is 0 Å². The second kappa shape index (κ2) is 17.2. The molecule has 5 rings (SSSR count). The molecule has 3 heteroatoms. The van der Waals surface area contributed by atoms with Crippen LogP contribution in [-0.4, -0.2) is 0 Å². The zero-order valence-electron chi connectivity index (χ0n) is 31.4. The maximum atomic E-state index is 4.93. The van der Waals surface area contributed by atoms with Gasteiger partial charge in [-0.2, -0.15) is 0 Å². The standard InChI is InChI=1S/C41H62.C2H6.2ClH.Zr/c1-10-12-14-15-26-41-28-31(39(6,7)8)21-24-36(41)33-22-20-30(38(3,4)5)27-34(33)37(41)40(9,25-13-11-2)35-23-19-29-17-16-18-32(29)35;1-2;;;/h11,20-22,24,27-28,33-37H,2,10,12-19,23,25-26H2,1,3-9H3;1-2H3;2*1H;/q;;;;+2/p-2. The van der Waals surface area contributed by atoms with E-state index < -0.39 is 20.8 Å². The van der Waals surface area contributed by atoms with Gasteiger partial charge in [0.2, 0.25) is 0 Å². The van der Waals surface area contributed by atoms with E-state index in [4.69, 9.17) is 17.0 Å². The van der Waals surface area contributed by atoms with E-state index in [1.807, 2.05) is 25.0 Å². The summed E-state index contributed by atoms with van der Waals surface area (Å²) in [6, 6.07) is 0. The van der Waals surface area contributed by atoms with E-state index in [0.29, 0.717) is 23.7 Å². The topological polar surface area (TPSA) is 0 Å². The first-order valence-electron chi connectivity index (χ1n) is 18.9. The third-order valence-electron chi connectivity index (χ3n) is 12.3. The molecule has 258 valence electrons. The van der Waals surface area contributed by atoms with Crippen LogP contribution < -0.4 is 0 Å². The molecule has 0 aliphatic heterocycles. The molecule has 5 aliphatic carbocycles. The average molecular weight is 747 g/mol. The fourth-order valence-corrected chi connectivity index (χ4v) is 10.3. The van der Waals surface area contributed by atoms with Crippen molar-refractivity contribution in [2.75, 3.05) is 0 Å². The summed E-state index contributed by atoms with van der Waals surface area (Å²) in [6.07, 6.45) is 34.4. The number of fused-ring (bicyclic) bond motifs is 3. The summed E-state index contributed by atoms with van der Waals surface area (Å²) < 4.78 is 0. The normalized spacial score (nSPS) is 30.9. The predicted molar refractivity (Wildman–Crippen MR) is 203 cm³/mol. The third kappa shape index (κ3) is 8.43. The molecule has 0 nitrogen and oxygen atoms in total. The quantitative estimate of drug-likeness (QED) is 0.154. The van der Waals surface area contributed by atoms with Crippen LogP contribution >= 0.6 is 17.0 Å². The van der Waals surface area contributed by atoms with Crippen LogP contribution in [0.5, 0.6) is 0 Å². The van der Waals surface area contributed by atoms with E-state index in [1.165, 1.54) is 70.6 Å². The van der Waals surface area contributed by atoms with Gasteiger partial charge in [-0.3, -0.25) is 0 Å².